The Hall–Kier alpha value is -2.49. The lowest BCUT2D eigenvalue weighted by Gasteiger charge is -2.23. The molecule has 2 N–H and O–H groups in total. The molecule has 0 aliphatic carbocycles. The third kappa shape index (κ3) is 5.24. The van der Waals surface area contributed by atoms with Gasteiger partial charge in [-0.2, -0.15) is 0 Å². The van der Waals surface area contributed by atoms with Crippen LogP contribution in [0.25, 0.3) is 0 Å². The van der Waals surface area contributed by atoms with Gasteiger partial charge in [0.1, 0.15) is 0 Å². The molecule has 0 bridgehead atoms. The number of carbonyl (C=O) groups is 1. The molecule has 25 heavy (non-hydrogen) atoms. The fourth-order valence-corrected chi connectivity index (χ4v) is 2.86. The highest BCUT2D eigenvalue weighted by Crippen LogP contribution is 2.20. The summed E-state index contributed by atoms with van der Waals surface area (Å²) in [6.45, 7) is 12.6. The molecule has 2 rings (SSSR count). The van der Waals surface area contributed by atoms with Gasteiger partial charge in [0.25, 0.3) is 0 Å². The third-order valence-corrected chi connectivity index (χ3v) is 4.50. The van der Waals surface area contributed by atoms with Gasteiger partial charge in [-0.25, -0.2) is 4.79 Å². The molecular weight excluding hydrogens is 310 g/mol. The van der Waals surface area contributed by atoms with E-state index in [-0.39, 0.29) is 6.03 Å². The molecule has 0 saturated carbocycles. The first-order valence-electron chi connectivity index (χ1n) is 8.85. The quantitative estimate of drug-likeness (QED) is 0.810. The van der Waals surface area contributed by atoms with Crippen LogP contribution in [0.1, 0.15) is 29.2 Å². The topological polar surface area (TPSA) is 44.4 Å². The number of urea groups is 1. The van der Waals surface area contributed by atoms with Crippen molar-refractivity contribution in [3.63, 3.8) is 0 Å². The predicted molar refractivity (Wildman–Crippen MR) is 107 cm³/mol. The number of anilines is 2. The summed E-state index contributed by atoms with van der Waals surface area (Å²) < 4.78 is 0. The first kappa shape index (κ1) is 18.8. The van der Waals surface area contributed by atoms with E-state index in [0.717, 1.165) is 24.3 Å². The fraction of sp³-hybridized carbons (Fsp3) is 0.381. The Morgan fingerprint density at radius 1 is 1.00 bits per heavy atom. The first-order chi connectivity index (χ1) is 11.9. The van der Waals surface area contributed by atoms with Crippen molar-refractivity contribution in [2.45, 2.75) is 34.6 Å². The molecule has 0 fully saturated rings. The summed E-state index contributed by atoms with van der Waals surface area (Å²) in [6, 6.07) is 12.4. The summed E-state index contributed by atoms with van der Waals surface area (Å²) in [5, 5.41) is 5.90. The van der Waals surface area contributed by atoms with Gasteiger partial charge in [0.2, 0.25) is 0 Å². The molecular formula is C21H29N3O. The van der Waals surface area contributed by atoms with E-state index < -0.39 is 0 Å². The van der Waals surface area contributed by atoms with Gasteiger partial charge in [-0.3, -0.25) is 0 Å². The van der Waals surface area contributed by atoms with E-state index in [4.69, 9.17) is 0 Å². The molecule has 2 aromatic rings. The van der Waals surface area contributed by atoms with Crippen LogP contribution in [0.15, 0.2) is 36.4 Å². The molecule has 2 aromatic carbocycles. The van der Waals surface area contributed by atoms with Crippen molar-refractivity contribution in [1.29, 1.82) is 0 Å². The number of amides is 2. The minimum atomic E-state index is -0.161. The number of likely N-dealkylation sites (N-methyl/N-ethyl adjacent to an activating group) is 1. The summed E-state index contributed by atoms with van der Waals surface area (Å²) in [7, 11) is 0. The lowest BCUT2D eigenvalue weighted by molar-refractivity contribution is 0.252. The molecule has 4 heteroatoms. The smallest absolute Gasteiger partial charge is 0.319 e. The van der Waals surface area contributed by atoms with Gasteiger partial charge >= 0.3 is 6.03 Å². The summed E-state index contributed by atoms with van der Waals surface area (Å²) in [6.07, 6.45) is 0. The number of rotatable bonds is 6. The lowest BCUT2D eigenvalue weighted by Crippen LogP contribution is -2.37. The maximum absolute atomic E-state index is 12.2. The Morgan fingerprint density at radius 2 is 1.72 bits per heavy atom. The lowest BCUT2D eigenvalue weighted by atomic mass is 10.1. The zero-order chi connectivity index (χ0) is 18.4. The number of aryl methyl sites for hydroxylation is 4. The van der Waals surface area contributed by atoms with Gasteiger partial charge in [0, 0.05) is 31.0 Å². The fourth-order valence-electron chi connectivity index (χ4n) is 2.86. The standard InChI is InChI=1S/C21H29N3O/c1-6-24(19-9-7-8-15(2)12-19)11-10-22-21(25)23-20-14-17(4)16(3)13-18(20)5/h7-9,12-14H,6,10-11H2,1-5H3,(H2,22,23,25). The average Bonchev–Trinajstić information content (AvgIpc) is 2.56. The van der Waals surface area contributed by atoms with E-state index in [0.29, 0.717) is 6.54 Å². The van der Waals surface area contributed by atoms with Gasteiger partial charge < -0.3 is 15.5 Å². The third-order valence-electron chi connectivity index (χ3n) is 4.50. The van der Waals surface area contributed by atoms with Crippen molar-refractivity contribution >= 4 is 17.4 Å². The van der Waals surface area contributed by atoms with E-state index in [1.807, 2.05) is 13.0 Å². The second-order valence-electron chi connectivity index (χ2n) is 6.55. The zero-order valence-electron chi connectivity index (χ0n) is 15.9. The van der Waals surface area contributed by atoms with Gasteiger partial charge in [0.15, 0.2) is 0 Å². The molecule has 0 heterocycles. The van der Waals surface area contributed by atoms with Crippen LogP contribution in [0.2, 0.25) is 0 Å². The number of benzene rings is 2. The minimum Gasteiger partial charge on any atom is -0.370 e. The molecule has 0 aliphatic rings. The van der Waals surface area contributed by atoms with Crippen molar-refractivity contribution in [2.24, 2.45) is 0 Å². The number of hydrogen-bond acceptors (Lipinski definition) is 2. The van der Waals surface area contributed by atoms with Crippen LogP contribution in [0.5, 0.6) is 0 Å². The number of nitrogens with zero attached hydrogens (tertiary/aromatic N) is 1. The van der Waals surface area contributed by atoms with Gasteiger partial charge in [-0.05, 0) is 75.1 Å². The van der Waals surface area contributed by atoms with E-state index in [1.165, 1.54) is 22.4 Å². The van der Waals surface area contributed by atoms with E-state index >= 15 is 0 Å². The van der Waals surface area contributed by atoms with Crippen LogP contribution in [-0.2, 0) is 0 Å². The van der Waals surface area contributed by atoms with Gasteiger partial charge in [-0.1, -0.05) is 18.2 Å². The molecule has 2 amide bonds. The average molecular weight is 339 g/mol. The van der Waals surface area contributed by atoms with Crippen LogP contribution < -0.4 is 15.5 Å². The molecule has 0 radical (unpaired) electrons. The summed E-state index contributed by atoms with van der Waals surface area (Å²) >= 11 is 0. The molecule has 0 unspecified atom stereocenters. The monoisotopic (exact) mass is 339 g/mol. The van der Waals surface area contributed by atoms with Crippen LogP contribution in [0.3, 0.4) is 0 Å². The molecule has 0 aromatic heterocycles. The summed E-state index contributed by atoms with van der Waals surface area (Å²) in [5.41, 5.74) is 6.79. The zero-order valence-corrected chi connectivity index (χ0v) is 15.9. The summed E-state index contributed by atoms with van der Waals surface area (Å²) in [4.78, 5) is 14.4. The van der Waals surface area contributed by atoms with Crippen LogP contribution in [-0.4, -0.2) is 25.7 Å². The number of nitrogens with one attached hydrogen (secondary N) is 2. The number of carbonyl (C=O) groups excluding carboxylic acids is 1. The van der Waals surface area contributed by atoms with Crippen molar-refractivity contribution in [1.82, 2.24) is 5.32 Å². The van der Waals surface area contributed by atoms with Gasteiger partial charge in [-0.15, -0.1) is 0 Å². The highest BCUT2D eigenvalue weighted by atomic mass is 16.2. The molecule has 0 saturated heterocycles. The van der Waals surface area contributed by atoms with Crippen molar-refractivity contribution in [3.8, 4) is 0 Å². The van der Waals surface area contributed by atoms with Crippen LogP contribution >= 0.6 is 0 Å². The maximum atomic E-state index is 12.2. The van der Waals surface area contributed by atoms with Crippen molar-refractivity contribution in [3.05, 3.63) is 58.7 Å². The predicted octanol–water partition coefficient (Wildman–Crippen LogP) is 4.57. The maximum Gasteiger partial charge on any atom is 0.319 e. The molecule has 134 valence electrons. The van der Waals surface area contributed by atoms with Crippen molar-refractivity contribution in [2.75, 3.05) is 29.9 Å². The highest BCUT2D eigenvalue weighted by molar-refractivity contribution is 5.90. The Morgan fingerprint density at radius 3 is 2.40 bits per heavy atom. The number of hydrogen-bond donors (Lipinski definition) is 2. The molecule has 0 spiro atoms. The molecule has 4 nitrogen and oxygen atoms in total. The van der Waals surface area contributed by atoms with E-state index in [1.54, 1.807) is 0 Å². The van der Waals surface area contributed by atoms with Crippen LogP contribution in [0.4, 0.5) is 16.2 Å². The highest BCUT2D eigenvalue weighted by Gasteiger charge is 2.08. The SMILES string of the molecule is CCN(CCNC(=O)Nc1cc(C)c(C)cc1C)c1cccc(C)c1. The second kappa shape index (κ2) is 8.56. The largest absolute Gasteiger partial charge is 0.370 e. The second-order valence-corrected chi connectivity index (χ2v) is 6.55. The van der Waals surface area contributed by atoms with Gasteiger partial charge in [0.05, 0.1) is 0 Å². The van der Waals surface area contributed by atoms with E-state index in [2.05, 4.69) is 73.6 Å². The summed E-state index contributed by atoms with van der Waals surface area (Å²) in [5.74, 6) is 0. The Labute approximate surface area is 151 Å². The minimum absolute atomic E-state index is 0.161. The Bertz CT molecular complexity index is 740. The first-order valence-corrected chi connectivity index (χ1v) is 8.85. The Balaban J connectivity index is 1.88. The van der Waals surface area contributed by atoms with E-state index in [9.17, 15) is 4.79 Å². The normalized spacial score (nSPS) is 10.4. The Kier molecular flexibility index (Phi) is 6.45. The van der Waals surface area contributed by atoms with Crippen LogP contribution in [0, 0.1) is 27.7 Å². The van der Waals surface area contributed by atoms with Crippen molar-refractivity contribution < 1.29 is 4.79 Å². The molecule has 0 aliphatic heterocycles. The molecule has 0 atom stereocenters.